The minimum Gasteiger partial charge on any atom is -0.481 e. The predicted molar refractivity (Wildman–Crippen MR) is 105 cm³/mol. The van der Waals surface area contributed by atoms with Gasteiger partial charge in [0.05, 0.1) is 20.8 Å². The number of fused-ring (bicyclic) bond motifs is 1. The molecule has 4 rings (SSSR count). The van der Waals surface area contributed by atoms with Crippen molar-refractivity contribution >= 4 is 44.9 Å². The summed E-state index contributed by atoms with van der Waals surface area (Å²) in [5, 5.41) is 10.5. The van der Waals surface area contributed by atoms with Crippen LogP contribution in [0.1, 0.15) is 19.3 Å². The number of aliphatic carboxylic acids is 1. The molecule has 0 radical (unpaired) electrons. The van der Waals surface area contributed by atoms with Gasteiger partial charge in [-0.05, 0) is 42.3 Å². The number of anilines is 1. The summed E-state index contributed by atoms with van der Waals surface area (Å²) in [6, 6.07) is 3.75. The van der Waals surface area contributed by atoms with Crippen molar-refractivity contribution in [1.29, 1.82) is 0 Å². The van der Waals surface area contributed by atoms with Crippen molar-refractivity contribution in [3.8, 4) is 11.4 Å². The van der Waals surface area contributed by atoms with E-state index in [1.165, 1.54) is 11.3 Å². The summed E-state index contributed by atoms with van der Waals surface area (Å²) < 4.78 is 29.2. The number of carboxylic acids is 1. The highest BCUT2D eigenvalue weighted by atomic mass is 35.5. The number of hydrogen-bond donors (Lipinski definition) is 1. The highest BCUT2D eigenvalue weighted by Crippen LogP contribution is 2.36. The quantitative estimate of drug-likeness (QED) is 0.586. The van der Waals surface area contributed by atoms with Gasteiger partial charge in [0.25, 0.3) is 0 Å². The molecular weight excluding hydrogens is 408 g/mol. The lowest BCUT2D eigenvalue weighted by Gasteiger charge is -2.19. The third-order valence-electron chi connectivity index (χ3n) is 4.89. The van der Waals surface area contributed by atoms with Crippen molar-refractivity contribution in [2.24, 2.45) is 5.92 Å². The molecule has 1 fully saturated rings. The summed E-state index contributed by atoms with van der Waals surface area (Å²) in [5.41, 5.74) is 0.617. The molecule has 0 bridgehead atoms. The first-order chi connectivity index (χ1) is 13.4. The van der Waals surface area contributed by atoms with Gasteiger partial charge >= 0.3 is 5.97 Å². The van der Waals surface area contributed by atoms with E-state index in [2.05, 4.69) is 14.9 Å². The van der Waals surface area contributed by atoms with Gasteiger partial charge in [-0.15, -0.1) is 11.3 Å². The Morgan fingerprint density at radius 3 is 2.93 bits per heavy atom. The molecule has 1 aromatic carbocycles. The molecule has 3 aromatic rings. The molecule has 1 N–H and O–H groups in total. The van der Waals surface area contributed by atoms with E-state index in [1.807, 2.05) is 11.4 Å². The van der Waals surface area contributed by atoms with Crippen LogP contribution in [0.15, 0.2) is 23.6 Å². The second-order valence-electron chi connectivity index (χ2n) is 6.79. The number of halogens is 3. The lowest BCUT2D eigenvalue weighted by molar-refractivity contribution is -0.137. The third kappa shape index (κ3) is 3.66. The van der Waals surface area contributed by atoms with Crippen LogP contribution in [-0.4, -0.2) is 34.1 Å². The molecule has 1 saturated heterocycles. The van der Waals surface area contributed by atoms with Gasteiger partial charge in [0.2, 0.25) is 0 Å². The van der Waals surface area contributed by atoms with Gasteiger partial charge in [-0.25, -0.2) is 18.7 Å². The second kappa shape index (κ2) is 7.60. The molecule has 1 aliphatic heterocycles. The van der Waals surface area contributed by atoms with Crippen molar-refractivity contribution in [3.05, 3.63) is 40.2 Å². The first kappa shape index (κ1) is 19.0. The van der Waals surface area contributed by atoms with E-state index in [1.54, 1.807) is 0 Å². The molecule has 0 aliphatic carbocycles. The molecule has 0 spiro atoms. The van der Waals surface area contributed by atoms with Crippen LogP contribution < -0.4 is 4.90 Å². The van der Waals surface area contributed by atoms with Crippen LogP contribution in [0.2, 0.25) is 5.02 Å². The zero-order chi connectivity index (χ0) is 19.8. The number of aromatic nitrogens is 2. The Hall–Kier alpha value is -2.32. The zero-order valence-corrected chi connectivity index (χ0v) is 16.2. The van der Waals surface area contributed by atoms with Gasteiger partial charge in [-0.2, -0.15) is 0 Å². The highest BCUT2D eigenvalue weighted by molar-refractivity contribution is 7.17. The Balaban J connectivity index is 1.71. The minimum atomic E-state index is -0.802. The Bertz CT molecular complexity index is 1060. The first-order valence-electron chi connectivity index (χ1n) is 8.79. The van der Waals surface area contributed by atoms with Gasteiger partial charge in [-0.3, -0.25) is 4.79 Å². The van der Waals surface area contributed by atoms with Gasteiger partial charge in [-0.1, -0.05) is 11.6 Å². The lowest BCUT2D eigenvalue weighted by Crippen LogP contribution is -2.21. The maximum absolute atomic E-state index is 14.4. The number of thiophene rings is 1. The maximum Gasteiger partial charge on any atom is 0.303 e. The molecule has 1 unspecified atom stereocenters. The molecule has 5 nitrogen and oxygen atoms in total. The molecule has 0 saturated carbocycles. The van der Waals surface area contributed by atoms with Crippen LogP contribution in [0, 0.1) is 17.6 Å². The van der Waals surface area contributed by atoms with E-state index in [-0.39, 0.29) is 28.7 Å². The summed E-state index contributed by atoms with van der Waals surface area (Å²) in [4.78, 5) is 21.8. The number of carbonyl (C=O) groups is 1. The highest BCUT2D eigenvalue weighted by Gasteiger charge is 2.27. The number of benzene rings is 1. The molecule has 3 heterocycles. The van der Waals surface area contributed by atoms with Crippen LogP contribution in [-0.2, 0) is 4.79 Å². The van der Waals surface area contributed by atoms with Crippen LogP contribution >= 0.6 is 22.9 Å². The first-order valence-corrected chi connectivity index (χ1v) is 10.0. The average molecular weight is 424 g/mol. The average Bonchev–Trinajstić information content (AvgIpc) is 3.31. The zero-order valence-electron chi connectivity index (χ0n) is 14.7. The normalized spacial score (nSPS) is 16.8. The Morgan fingerprint density at radius 2 is 2.14 bits per heavy atom. The Kier molecular flexibility index (Phi) is 5.16. The van der Waals surface area contributed by atoms with Gasteiger partial charge in [0.1, 0.15) is 11.6 Å². The second-order valence-corrected chi connectivity index (χ2v) is 8.11. The third-order valence-corrected chi connectivity index (χ3v) is 6.08. The fraction of sp³-hybridized carbons (Fsp3) is 0.316. The van der Waals surface area contributed by atoms with Crippen LogP contribution in [0.5, 0.6) is 0 Å². The van der Waals surface area contributed by atoms with Crippen molar-refractivity contribution < 1.29 is 18.7 Å². The van der Waals surface area contributed by atoms with E-state index in [9.17, 15) is 13.6 Å². The molecule has 146 valence electrons. The molecule has 0 amide bonds. The SMILES string of the molecule is O=C(O)CCC1CCN(c2nc(-c3cc(F)c(Cl)cc3F)nc3ccsc23)C1. The Labute approximate surface area is 168 Å². The van der Waals surface area contributed by atoms with Crippen LogP contribution in [0.4, 0.5) is 14.6 Å². The summed E-state index contributed by atoms with van der Waals surface area (Å²) in [7, 11) is 0. The summed E-state index contributed by atoms with van der Waals surface area (Å²) in [6.07, 6.45) is 1.61. The van der Waals surface area contributed by atoms with Gasteiger partial charge < -0.3 is 10.0 Å². The summed E-state index contributed by atoms with van der Waals surface area (Å²) >= 11 is 7.13. The van der Waals surface area contributed by atoms with Crippen molar-refractivity contribution in [2.45, 2.75) is 19.3 Å². The topological polar surface area (TPSA) is 66.3 Å². The van der Waals surface area contributed by atoms with E-state index in [4.69, 9.17) is 16.7 Å². The van der Waals surface area contributed by atoms with E-state index >= 15 is 0 Å². The van der Waals surface area contributed by atoms with Crippen molar-refractivity contribution in [1.82, 2.24) is 9.97 Å². The number of rotatable bonds is 5. The van der Waals surface area contributed by atoms with E-state index in [0.29, 0.717) is 24.3 Å². The number of nitrogens with zero attached hydrogens (tertiary/aromatic N) is 3. The van der Waals surface area contributed by atoms with Crippen molar-refractivity contribution in [3.63, 3.8) is 0 Å². The van der Waals surface area contributed by atoms with Crippen LogP contribution in [0.25, 0.3) is 21.6 Å². The maximum atomic E-state index is 14.4. The molecule has 1 aliphatic rings. The summed E-state index contributed by atoms with van der Waals surface area (Å²) in [6.45, 7) is 1.40. The predicted octanol–water partition coefficient (Wildman–Crippen LogP) is 4.98. The standard InChI is InChI=1S/C19H16ClF2N3O2S/c20-12-8-13(21)11(7-14(12)22)18-23-15-4-6-28-17(15)19(24-18)25-5-3-10(9-25)1-2-16(26)27/h4,6-8,10H,1-3,5,9H2,(H,26,27). The lowest BCUT2D eigenvalue weighted by atomic mass is 10.0. The smallest absolute Gasteiger partial charge is 0.303 e. The molecular formula is C19H16ClF2N3O2S. The molecule has 28 heavy (non-hydrogen) atoms. The number of hydrogen-bond acceptors (Lipinski definition) is 5. The molecule has 1 atom stereocenters. The van der Waals surface area contributed by atoms with E-state index < -0.39 is 17.6 Å². The molecule has 9 heteroatoms. The van der Waals surface area contributed by atoms with Gasteiger partial charge in [0.15, 0.2) is 11.6 Å². The molecule has 2 aromatic heterocycles. The van der Waals surface area contributed by atoms with Crippen LogP contribution in [0.3, 0.4) is 0 Å². The largest absolute Gasteiger partial charge is 0.481 e. The Morgan fingerprint density at radius 1 is 1.32 bits per heavy atom. The fourth-order valence-corrected chi connectivity index (χ4v) is 4.46. The number of carboxylic acid groups (broad SMARTS) is 1. The van der Waals surface area contributed by atoms with E-state index in [0.717, 1.165) is 29.8 Å². The monoisotopic (exact) mass is 423 g/mol. The van der Waals surface area contributed by atoms with Crippen molar-refractivity contribution in [2.75, 3.05) is 18.0 Å². The van der Waals surface area contributed by atoms with Gasteiger partial charge in [0, 0.05) is 19.5 Å². The minimum absolute atomic E-state index is 0.0436. The fourth-order valence-electron chi connectivity index (χ4n) is 3.46. The summed E-state index contributed by atoms with van der Waals surface area (Å²) in [5.74, 6) is -1.19.